The smallest absolute Gasteiger partial charge is 0.352 e. The third-order valence-electron chi connectivity index (χ3n) is 3.72. The van der Waals surface area contributed by atoms with E-state index in [1.165, 1.54) is 10.8 Å². The summed E-state index contributed by atoms with van der Waals surface area (Å²) >= 11 is 0. The average molecular weight is 421 g/mol. The maximum Gasteiger partial charge on any atom is 0.472 e. The molecule has 145 valence electrons. The van der Waals surface area contributed by atoms with E-state index in [0.29, 0.717) is 24.8 Å². The maximum atomic E-state index is 11.8. The normalized spacial score (nSPS) is 22.4. The Kier molecular flexibility index (Phi) is 8.76. The van der Waals surface area contributed by atoms with Crippen molar-refractivity contribution in [3.8, 4) is 0 Å². The Morgan fingerprint density at radius 1 is 1.40 bits per heavy atom. The van der Waals surface area contributed by atoms with Crippen LogP contribution in [-0.4, -0.2) is 33.8 Å². The van der Waals surface area contributed by atoms with Gasteiger partial charge in [-0.3, -0.25) is 23.4 Å². The van der Waals surface area contributed by atoms with Gasteiger partial charge < -0.3 is 9.63 Å². The van der Waals surface area contributed by atoms with Crippen LogP contribution in [0.25, 0.3) is 0 Å². The van der Waals surface area contributed by atoms with Gasteiger partial charge in [0.05, 0.1) is 19.3 Å². The van der Waals surface area contributed by atoms with Gasteiger partial charge in [0.25, 0.3) is 5.56 Å². The molecule has 0 spiro atoms. The van der Waals surface area contributed by atoms with E-state index in [1.807, 2.05) is 6.92 Å². The predicted octanol–water partition coefficient (Wildman–Crippen LogP) is 1.45. The number of hydrogen-bond acceptors (Lipinski definition) is 6. The minimum absolute atomic E-state index is 0. The maximum absolute atomic E-state index is 11.8. The minimum atomic E-state index is -4.09. The van der Waals surface area contributed by atoms with E-state index in [0.717, 1.165) is 6.42 Å². The van der Waals surface area contributed by atoms with Gasteiger partial charge in [-0.1, -0.05) is 13.3 Å². The van der Waals surface area contributed by atoms with Gasteiger partial charge in [0, 0.05) is 28.5 Å². The summed E-state index contributed by atoms with van der Waals surface area (Å²) in [7, 11) is -4.09. The van der Waals surface area contributed by atoms with Crippen molar-refractivity contribution in [2.75, 3.05) is 13.2 Å². The van der Waals surface area contributed by atoms with Crippen molar-refractivity contribution >= 4 is 7.82 Å². The van der Waals surface area contributed by atoms with E-state index in [4.69, 9.17) is 13.8 Å². The Hall–Kier alpha value is -0.744. The Morgan fingerprint density at radius 3 is 2.80 bits per heavy atom. The summed E-state index contributed by atoms with van der Waals surface area (Å²) in [5.74, 6) is 0. The fourth-order valence-electron chi connectivity index (χ4n) is 2.35. The average Bonchev–Trinajstić information content (AvgIpc) is 2.98. The molecule has 0 aromatic carbocycles. The first-order valence-electron chi connectivity index (χ1n) is 7.92. The van der Waals surface area contributed by atoms with E-state index in [2.05, 4.69) is 4.98 Å². The zero-order valence-electron chi connectivity index (χ0n) is 14.1. The predicted molar refractivity (Wildman–Crippen MR) is 85.8 cm³/mol. The number of aryl methyl sites for hydroxylation is 1. The van der Waals surface area contributed by atoms with Crippen LogP contribution in [0.4, 0.5) is 0 Å². The number of aromatic amines is 1. The Labute approximate surface area is 155 Å². The Morgan fingerprint density at radius 2 is 2.12 bits per heavy atom. The van der Waals surface area contributed by atoms with Crippen LogP contribution >= 0.6 is 7.82 Å². The number of ether oxygens (including phenoxy) is 1. The number of unbranched alkanes of at least 4 members (excludes halogenated alkanes) is 1. The first-order chi connectivity index (χ1) is 11.3. The van der Waals surface area contributed by atoms with Gasteiger partial charge in [-0.25, -0.2) is 9.36 Å². The molecule has 11 heteroatoms. The van der Waals surface area contributed by atoms with Gasteiger partial charge in [0.2, 0.25) is 0 Å². The molecular weight excluding hydrogens is 398 g/mol. The van der Waals surface area contributed by atoms with Crippen molar-refractivity contribution in [1.82, 2.24) is 9.55 Å². The quantitative estimate of drug-likeness (QED) is 0.482. The first kappa shape index (κ1) is 22.3. The second-order valence-corrected chi connectivity index (χ2v) is 7.17. The summed E-state index contributed by atoms with van der Waals surface area (Å²) in [5, 5.41) is 0. The molecule has 1 aromatic heterocycles. The van der Waals surface area contributed by atoms with E-state index in [9.17, 15) is 19.0 Å². The van der Waals surface area contributed by atoms with Crippen LogP contribution in [0.1, 0.15) is 44.4 Å². The molecule has 1 fully saturated rings. The van der Waals surface area contributed by atoms with Gasteiger partial charge >= 0.3 is 13.5 Å². The molecule has 2 rings (SSSR count). The van der Waals surface area contributed by atoms with Crippen LogP contribution in [0.15, 0.2) is 15.8 Å². The monoisotopic (exact) mass is 421 g/mol. The zero-order chi connectivity index (χ0) is 17.7. The number of aromatic nitrogens is 2. The SMILES string of the molecule is CCCCOP(=O)(O)OC[C@H]1CC[C@H](n2cc(C)c(=O)[nH]c2=O)O1.[Co]. The van der Waals surface area contributed by atoms with Gasteiger partial charge in [-0.15, -0.1) is 0 Å². The van der Waals surface area contributed by atoms with Crippen LogP contribution in [0, 0.1) is 6.92 Å². The van der Waals surface area contributed by atoms with Crippen LogP contribution in [-0.2, 0) is 35.1 Å². The molecule has 1 aliphatic heterocycles. The van der Waals surface area contributed by atoms with Gasteiger partial charge in [0.15, 0.2) is 0 Å². The van der Waals surface area contributed by atoms with Crippen molar-refractivity contribution in [3.05, 3.63) is 32.6 Å². The molecule has 9 nitrogen and oxygen atoms in total. The van der Waals surface area contributed by atoms with Crippen LogP contribution in [0.2, 0.25) is 0 Å². The molecule has 1 aromatic rings. The summed E-state index contributed by atoms with van der Waals surface area (Å²) in [6, 6.07) is 0. The molecule has 1 aliphatic rings. The number of hydrogen-bond donors (Lipinski definition) is 2. The third kappa shape index (κ3) is 6.48. The summed E-state index contributed by atoms with van der Waals surface area (Å²) < 4.78 is 28.4. The number of H-pyrrole nitrogens is 1. The second kappa shape index (κ2) is 9.82. The van der Waals surface area contributed by atoms with Crippen LogP contribution < -0.4 is 11.2 Å². The van der Waals surface area contributed by atoms with E-state index < -0.39 is 31.4 Å². The van der Waals surface area contributed by atoms with Crippen LogP contribution in [0.3, 0.4) is 0 Å². The van der Waals surface area contributed by atoms with E-state index in [-0.39, 0.29) is 30.0 Å². The van der Waals surface area contributed by atoms with Gasteiger partial charge in [0.1, 0.15) is 6.23 Å². The summed E-state index contributed by atoms with van der Waals surface area (Å²) in [4.78, 5) is 35.0. The molecule has 1 radical (unpaired) electrons. The largest absolute Gasteiger partial charge is 0.472 e. The van der Waals surface area contributed by atoms with Crippen molar-refractivity contribution in [2.45, 2.75) is 51.9 Å². The molecule has 2 N–H and O–H groups in total. The molecule has 0 amide bonds. The molecule has 3 atom stereocenters. The van der Waals surface area contributed by atoms with E-state index in [1.54, 1.807) is 6.92 Å². The van der Waals surface area contributed by atoms with Crippen molar-refractivity contribution in [3.63, 3.8) is 0 Å². The fourth-order valence-corrected chi connectivity index (χ4v) is 3.14. The van der Waals surface area contributed by atoms with Crippen molar-refractivity contribution < 1.29 is 40.0 Å². The standard InChI is InChI=1S/C14H23N2O7P.Co/c1-3-4-7-21-24(19,20)22-9-11-5-6-12(23-11)16-8-10(2)13(17)15-14(16)18;/h8,11-12H,3-7,9H2,1-2H3,(H,19,20)(H,15,17,18);/t11-,12-;/m1./s1. The molecule has 0 saturated carbocycles. The number of phosphoric acid groups is 1. The van der Waals surface area contributed by atoms with Crippen LogP contribution in [0.5, 0.6) is 0 Å². The second-order valence-electron chi connectivity index (χ2n) is 5.72. The van der Waals surface area contributed by atoms with Gasteiger partial charge in [-0.05, 0) is 26.2 Å². The topological polar surface area (TPSA) is 120 Å². The molecule has 25 heavy (non-hydrogen) atoms. The number of phosphoric ester groups is 1. The summed E-state index contributed by atoms with van der Waals surface area (Å²) in [5.41, 5.74) is -0.574. The fraction of sp³-hybridized carbons (Fsp3) is 0.714. The van der Waals surface area contributed by atoms with Gasteiger partial charge in [-0.2, -0.15) is 0 Å². The number of rotatable bonds is 8. The first-order valence-corrected chi connectivity index (χ1v) is 9.41. The Balaban J connectivity index is 0.00000312. The zero-order valence-corrected chi connectivity index (χ0v) is 16.0. The molecular formula is C14H23CoN2O7P. The molecule has 0 aliphatic carbocycles. The van der Waals surface area contributed by atoms with Crippen molar-refractivity contribution in [1.29, 1.82) is 0 Å². The summed E-state index contributed by atoms with van der Waals surface area (Å²) in [6.45, 7) is 3.59. The third-order valence-corrected chi connectivity index (χ3v) is 4.70. The minimum Gasteiger partial charge on any atom is -0.352 e. The molecule has 1 unspecified atom stereocenters. The number of nitrogens with zero attached hydrogens (tertiary/aromatic N) is 1. The van der Waals surface area contributed by atoms with E-state index >= 15 is 0 Å². The Bertz CT molecular complexity index is 720. The molecule has 1 saturated heterocycles. The number of nitrogens with one attached hydrogen (secondary N) is 1. The van der Waals surface area contributed by atoms with Crippen molar-refractivity contribution in [2.24, 2.45) is 0 Å². The summed E-state index contributed by atoms with van der Waals surface area (Å²) in [6.07, 6.45) is 3.09. The molecule has 0 bridgehead atoms. The molecule has 2 heterocycles.